The van der Waals surface area contributed by atoms with E-state index in [-0.39, 0.29) is 12.1 Å². The van der Waals surface area contributed by atoms with Crippen LogP contribution in [0.3, 0.4) is 0 Å². The quantitative estimate of drug-likeness (QED) is 0.939. The average Bonchev–Trinajstić information content (AvgIpc) is 2.61. The van der Waals surface area contributed by atoms with Gasteiger partial charge in [-0.3, -0.25) is 0 Å². The van der Waals surface area contributed by atoms with Gasteiger partial charge in [0, 0.05) is 24.5 Å². The van der Waals surface area contributed by atoms with E-state index >= 15 is 0 Å². The molecule has 24 heavy (non-hydrogen) atoms. The molecule has 3 rings (SSSR count). The van der Waals surface area contributed by atoms with Crippen LogP contribution in [0, 0.1) is 11.3 Å². The van der Waals surface area contributed by atoms with Gasteiger partial charge in [0.15, 0.2) is 0 Å². The molecule has 124 valence electrons. The van der Waals surface area contributed by atoms with Crippen LogP contribution in [0.1, 0.15) is 25.3 Å². The summed E-state index contributed by atoms with van der Waals surface area (Å²) in [5, 5.41) is 13.2. The Hall–Kier alpha value is -2.81. The summed E-state index contributed by atoms with van der Waals surface area (Å²) in [6, 6.07) is 11.8. The van der Waals surface area contributed by atoms with Gasteiger partial charge in [0.1, 0.15) is 5.82 Å². The Bertz CT molecular complexity index is 784. The van der Waals surface area contributed by atoms with Gasteiger partial charge in [-0.15, -0.1) is 0 Å². The summed E-state index contributed by atoms with van der Waals surface area (Å²) in [5.41, 5.74) is 1.43. The molecular weight excluding hydrogens is 304 g/mol. The highest BCUT2D eigenvalue weighted by molar-refractivity contribution is 5.86. The zero-order chi connectivity index (χ0) is 16.9. The minimum Gasteiger partial charge on any atom is -0.450 e. The second-order valence-electron chi connectivity index (χ2n) is 5.81. The number of hydrogen-bond donors (Lipinski definition) is 1. The number of fused-ring (bicyclic) bond motifs is 1. The van der Waals surface area contributed by atoms with Gasteiger partial charge >= 0.3 is 6.09 Å². The number of pyridine rings is 1. The van der Waals surface area contributed by atoms with Crippen molar-refractivity contribution < 1.29 is 9.53 Å². The first-order valence-corrected chi connectivity index (χ1v) is 8.19. The van der Waals surface area contributed by atoms with Crippen molar-refractivity contribution in [3.63, 3.8) is 0 Å². The zero-order valence-corrected chi connectivity index (χ0v) is 13.7. The van der Waals surface area contributed by atoms with E-state index in [2.05, 4.69) is 21.3 Å². The van der Waals surface area contributed by atoms with E-state index in [0.29, 0.717) is 18.7 Å². The molecule has 6 heteroatoms. The number of nitriles is 1. The van der Waals surface area contributed by atoms with E-state index in [1.54, 1.807) is 6.92 Å². The molecule has 1 aliphatic heterocycles. The average molecular weight is 324 g/mol. The molecule has 6 nitrogen and oxygen atoms in total. The number of benzene rings is 1. The van der Waals surface area contributed by atoms with E-state index in [1.807, 2.05) is 30.3 Å². The molecule has 1 fully saturated rings. The van der Waals surface area contributed by atoms with Crippen molar-refractivity contribution in [2.75, 3.05) is 24.6 Å². The Morgan fingerprint density at radius 3 is 3.12 bits per heavy atom. The maximum absolute atomic E-state index is 11.6. The molecule has 1 aromatic heterocycles. The normalized spacial score (nSPS) is 17.3. The second-order valence-corrected chi connectivity index (χ2v) is 5.81. The number of alkyl carbamates (subject to hydrolysis) is 1. The Morgan fingerprint density at radius 2 is 2.33 bits per heavy atom. The van der Waals surface area contributed by atoms with Gasteiger partial charge in [-0.1, -0.05) is 18.2 Å². The number of aromatic nitrogens is 1. The van der Waals surface area contributed by atoms with Crippen LogP contribution in [0.2, 0.25) is 0 Å². The number of anilines is 1. The Morgan fingerprint density at radius 1 is 1.50 bits per heavy atom. The highest BCUT2D eigenvalue weighted by atomic mass is 16.5. The van der Waals surface area contributed by atoms with Gasteiger partial charge in [-0.2, -0.15) is 5.26 Å². The summed E-state index contributed by atoms with van der Waals surface area (Å²) < 4.78 is 4.95. The molecule has 1 aliphatic rings. The Balaban J connectivity index is 1.82. The molecule has 1 aromatic carbocycles. The lowest BCUT2D eigenvalue weighted by atomic mass is 10.0. The van der Waals surface area contributed by atoms with Gasteiger partial charge in [-0.05, 0) is 31.9 Å². The molecule has 0 bridgehead atoms. The fourth-order valence-corrected chi connectivity index (χ4v) is 3.06. The van der Waals surface area contributed by atoms with Gasteiger partial charge in [0.25, 0.3) is 0 Å². The number of para-hydroxylation sites is 1. The van der Waals surface area contributed by atoms with Gasteiger partial charge < -0.3 is 15.0 Å². The molecule has 0 saturated carbocycles. The van der Waals surface area contributed by atoms with Crippen LogP contribution in [0.5, 0.6) is 0 Å². The molecule has 0 aliphatic carbocycles. The number of ether oxygens (including phenoxy) is 1. The van der Waals surface area contributed by atoms with E-state index in [9.17, 15) is 10.1 Å². The number of piperidine rings is 1. The fourth-order valence-electron chi connectivity index (χ4n) is 3.06. The van der Waals surface area contributed by atoms with Crippen LogP contribution in [0.4, 0.5) is 10.6 Å². The van der Waals surface area contributed by atoms with E-state index < -0.39 is 0 Å². The van der Waals surface area contributed by atoms with Crippen molar-refractivity contribution in [2.24, 2.45) is 0 Å². The third kappa shape index (κ3) is 3.40. The van der Waals surface area contributed by atoms with Crippen molar-refractivity contribution >= 4 is 22.8 Å². The lowest BCUT2D eigenvalue weighted by Gasteiger charge is -2.33. The largest absolute Gasteiger partial charge is 0.450 e. The van der Waals surface area contributed by atoms with Gasteiger partial charge in [0.05, 0.1) is 23.8 Å². The number of nitrogens with zero attached hydrogens (tertiary/aromatic N) is 3. The molecule has 1 saturated heterocycles. The maximum atomic E-state index is 11.6. The van der Waals surface area contributed by atoms with E-state index in [4.69, 9.17) is 4.74 Å². The third-order valence-electron chi connectivity index (χ3n) is 4.17. The summed E-state index contributed by atoms with van der Waals surface area (Å²) in [6.07, 6.45) is 1.48. The number of hydrogen-bond acceptors (Lipinski definition) is 5. The zero-order valence-electron chi connectivity index (χ0n) is 13.7. The number of carbonyl (C=O) groups is 1. The Labute approximate surface area is 141 Å². The molecule has 0 radical (unpaired) electrons. The van der Waals surface area contributed by atoms with Crippen molar-refractivity contribution in [1.29, 1.82) is 5.26 Å². The van der Waals surface area contributed by atoms with Crippen LogP contribution < -0.4 is 10.2 Å². The first-order valence-electron chi connectivity index (χ1n) is 8.19. The highest BCUT2D eigenvalue weighted by Crippen LogP contribution is 2.24. The minimum atomic E-state index is -0.381. The van der Waals surface area contributed by atoms with E-state index in [0.717, 1.165) is 36.1 Å². The van der Waals surface area contributed by atoms with Crippen LogP contribution in [-0.4, -0.2) is 36.8 Å². The summed E-state index contributed by atoms with van der Waals surface area (Å²) in [6.45, 7) is 3.67. The first-order chi connectivity index (χ1) is 11.7. The topological polar surface area (TPSA) is 78.2 Å². The SMILES string of the molecule is CCOC(=O)NC1CCCN(c2cc(C#N)c3ccccc3n2)C1. The van der Waals surface area contributed by atoms with Crippen LogP contribution in [-0.2, 0) is 4.74 Å². The predicted molar refractivity (Wildman–Crippen MR) is 91.9 cm³/mol. The van der Waals surface area contributed by atoms with Crippen LogP contribution in [0.15, 0.2) is 30.3 Å². The van der Waals surface area contributed by atoms with Crippen molar-refractivity contribution in [2.45, 2.75) is 25.8 Å². The number of rotatable bonds is 3. The van der Waals surface area contributed by atoms with Crippen molar-refractivity contribution in [3.05, 3.63) is 35.9 Å². The molecule has 1 amide bonds. The lowest BCUT2D eigenvalue weighted by molar-refractivity contribution is 0.146. The summed E-state index contributed by atoms with van der Waals surface area (Å²) in [5.74, 6) is 0.778. The number of amides is 1. The standard InChI is InChI=1S/C18H20N4O2/c1-2-24-18(23)20-14-6-5-9-22(12-14)17-10-13(11-19)15-7-3-4-8-16(15)21-17/h3-4,7-8,10,14H,2,5-6,9,12H2,1H3,(H,20,23). The monoisotopic (exact) mass is 324 g/mol. The lowest BCUT2D eigenvalue weighted by Crippen LogP contribution is -2.48. The van der Waals surface area contributed by atoms with Gasteiger partial charge in [-0.25, -0.2) is 9.78 Å². The molecule has 0 spiro atoms. The minimum absolute atomic E-state index is 0.0246. The fraction of sp³-hybridized carbons (Fsp3) is 0.389. The maximum Gasteiger partial charge on any atom is 0.407 e. The Kier molecular flexibility index (Phi) is 4.80. The number of nitrogens with one attached hydrogen (secondary N) is 1. The molecule has 2 aromatic rings. The van der Waals surface area contributed by atoms with Crippen molar-refractivity contribution in [3.8, 4) is 6.07 Å². The number of carbonyl (C=O) groups excluding carboxylic acids is 1. The molecule has 2 heterocycles. The summed E-state index contributed by atoms with van der Waals surface area (Å²) in [4.78, 5) is 18.4. The smallest absolute Gasteiger partial charge is 0.407 e. The summed E-state index contributed by atoms with van der Waals surface area (Å²) in [7, 11) is 0. The molecule has 1 N–H and O–H groups in total. The second kappa shape index (κ2) is 7.18. The molecular formula is C18H20N4O2. The summed E-state index contributed by atoms with van der Waals surface area (Å²) >= 11 is 0. The third-order valence-corrected chi connectivity index (χ3v) is 4.17. The van der Waals surface area contributed by atoms with Crippen LogP contribution in [0.25, 0.3) is 10.9 Å². The van der Waals surface area contributed by atoms with E-state index in [1.165, 1.54) is 0 Å². The molecule has 1 unspecified atom stereocenters. The van der Waals surface area contributed by atoms with Gasteiger partial charge in [0.2, 0.25) is 0 Å². The first kappa shape index (κ1) is 16.1. The predicted octanol–water partition coefficient (Wildman–Crippen LogP) is 2.82. The molecule has 1 atom stereocenters. The highest BCUT2D eigenvalue weighted by Gasteiger charge is 2.23. The van der Waals surface area contributed by atoms with Crippen LogP contribution >= 0.6 is 0 Å². The van der Waals surface area contributed by atoms with Crippen molar-refractivity contribution in [1.82, 2.24) is 10.3 Å².